The topological polar surface area (TPSA) is 76.4 Å². The van der Waals surface area contributed by atoms with E-state index in [0.29, 0.717) is 43.0 Å². The molecule has 0 saturated carbocycles. The summed E-state index contributed by atoms with van der Waals surface area (Å²) in [6.45, 7) is 4.02. The molecule has 132 valence electrons. The molecule has 6 heteroatoms. The van der Waals surface area contributed by atoms with Crippen LogP contribution in [0.25, 0.3) is 0 Å². The van der Waals surface area contributed by atoms with E-state index in [9.17, 15) is 14.9 Å². The SMILES string of the molecule is CC(=O)c1ccc(NC(=O)N2CCN(c3ccccc3C#N)CC2)cc1. The summed E-state index contributed by atoms with van der Waals surface area (Å²) in [5.41, 5.74) is 2.84. The van der Waals surface area contributed by atoms with Crippen molar-refractivity contribution in [2.45, 2.75) is 6.92 Å². The van der Waals surface area contributed by atoms with Gasteiger partial charge in [-0.05, 0) is 43.3 Å². The van der Waals surface area contributed by atoms with Crippen LogP contribution < -0.4 is 10.2 Å². The highest BCUT2D eigenvalue weighted by atomic mass is 16.2. The first-order chi connectivity index (χ1) is 12.6. The van der Waals surface area contributed by atoms with Crippen molar-refractivity contribution < 1.29 is 9.59 Å². The average Bonchev–Trinajstić information content (AvgIpc) is 2.68. The monoisotopic (exact) mass is 348 g/mol. The van der Waals surface area contributed by atoms with E-state index in [0.717, 1.165) is 5.69 Å². The van der Waals surface area contributed by atoms with E-state index in [1.54, 1.807) is 35.2 Å². The van der Waals surface area contributed by atoms with Gasteiger partial charge in [0.1, 0.15) is 6.07 Å². The number of urea groups is 1. The molecular formula is C20H20N4O2. The predicted molar refractivity (Wildman–Crippen MR) is 100 cm³/mol. The summed E-state index contributed by atoms with van der Waals surface area (Å²) in [6, 6.07) is 16.4. The molecule has 0 radical (unpaired) electrons. The van der Waals surface area contributed by atoms with Crippen LogP contribution in [0.3, 0.4) is 0 Å². The number of piperazine rings is 1. The molecule has 0 atom stereocenters. The number of Topliss-reactive ketones (excluding diaryl/α,β-unsaturated/α-hetero) is 1. The van der Waals surface area contributed by atoms with Crippen LogP contribution in [0.5, 0.6) is 0 Å². The second-order valence-corrected chi connectivity index (χ2v) is 6.17. The maximum Gasteiger partial charge on any atom is 0.321 e. The molecule has 6 nitrogen and oxygen atoms in total. The predicted octanol–water partition coefficient (Wildman–Crippen LogP) is 3.11. The number of carbonyl (C=O) groups excluding carboxylic acids is 2. The second-order valence-electron chi connectivity index (χ2n) is 6.17. The van der Waals surface area contributed by atoms with Gasteiger partial charge in [-0.3, -0.25) is 4.79 Å². The Morgan fingerprint density at radius 1 is 1.00 bits per heavy atom. The molecule has 3 rings (SSSR count). The van der Waals surface area contributed by atoms with Gasteiger partial charge in [0.25, 0.3) is 0 Å². The van der Waals surface area contributed by atoms with Crippen molar-refractivity contribution >= 4 is 23.2 Å². The van der Waals surface area contributed by atoms with Crippen LogP contribution >= 0.6 is 0 Å². The van der Waals surface area contributed by atoms with Crippen LogP contribution in [0.4, 0.5) is 16.2 Å². The second kappa shape index (κ2) is 7.70. The lowest BCUT2D eigenvalue weighted by Gasteiger charge is -2.36. The molecule has 1 N–H and O–H groups in total. The Labute approximate surface area is 152 Å². The summed E-state index contributed by atoms with van der Waals surface area (Å²) in [5.74, 6) is -0.00310. The van der Waals surface area contributed by atoms with E-state index in [-0.39, 0.29) is 11.8 Å². The Balaban J connectivity index is 1.58. The normalized spacial score (nSPS) is 13.8. The Morgan fingerprint density at radius 3 is 2.27 bits per heavy atom. The highest BCUT2D eigenvalue weighted by Crippen LogP contribution is 2.21. The van der Waals surface area contributed by atoms with Crippen LogP contribution in [0.2, 0.25) is 0 Å². The summed E-state index contributed by atoms with van der Waals surface area (Å²) < 4.78 is 0. The van der Waals surface area contributed by atoms with E-state index in [1.807, 2.05) is 18.2 Å². The quantitative estimate of drug-likeness (QED) is 0.865. The lowest BCUT2D eigenvalue weighted by atomic mass is 10.1. The van der Waals surface area contributed by atoms with E-state index in [4.69, 9.17) is 0 Å². The smallest absolute Gasteiger partial charge is 0.321 e. The molecule has 1 aliphatic heterocycles. The number of nitrogens with one attached hydrogen (secondary N) is 1. The van der Waals surface area contributed by atoms with Gasteiger partial charge in [-0.1, -0.05) is 12.1 Å². The van der Waals surface area contributed by atoms with Crippen molar-refractivity contribution in [1.29, 1.82) is 5.26 Å². The molecule has 0 bridgehead atoms. The number of amides is 2. The van der Waals surface area contributed by atoms with Crippen LogP contribution in [0.1, 0.15) is 22.8 Å². The summed E-state index contributed by atoms with van der Waals surface area (Å²) in [7, 11) is 0. The highest BCUT2D eigenvalue weighted by Gasteiger charge is 2.22. The summed E-state index contributed by atoms with van der Waals surface area (Å²) in [4.78, 5) is 27.6. The van der Waals surface area contributed by atoms with Gasteiger partial charge in [0, 0.05) is 37.4 Å². The van der Waals surface area contributed by atoms with E-state index in [1.165, 1.54) is 6.92 Å². The molecule has 0 aromatic heterocycles. The Hall–Kier alpha value is -3.33. The number of rotatable bonds is 3. The van der Waals surface area contributed by atoms with Crippen molar-refractivity contribution in [2.24, 2.45) is 0 Å². The summed E-state index contributed by atoms with van der Waals surface area (Å²) >= 11 is 0. The lowest BCUT2D eigenvalue weighted by molar-refractivity contribution is 0.101. The third kappa shape index (κ3) is 3.83. The van der Waals surface area contributed by atoms with Crippen LogP contribution in [-0.2, 0) is 0 Å². The van der Waals surface area contributed by atoms with Gasteiger partial charge in [0.2, 0.25) is 0 Å². The van der Waals surface area contributed by atoms with E-state index in [2.05, 4.69) is 16.3 Å². The average molecular weight is 348 g/mol. The largest absolute Gasteiger partial charge is 0.367 e. The Bertz CT molecular complexity index is 847. The highest BCUT2D eigenvalue weighted by molar-refractivity contribution is 5.95. The van der Waals surface area contributed by atoms with Crippen LogP contribution in [0.15, 0.2) is 48.5 Å². The molecule has 0 unspecified atom stereocenters. The Morgan fingerprint density at radius 2 is 1.65 bits per heavy atom. The molecule has 26 heavy (non-hydrogen) atoms. The van der Waals surface area contributed by atoms with Gasteiger partial charge in [0.15, 0.2) is 5.78 Å². The van der Waals surface area contributed by atoms with Crippen molar-refractivity contribution in [3.63, 3.8) is 0 Å². The Kier molecular flexibility index (Phi) is 5.18. The minimum absolute atomic E-state index is 0.00310. The molecule has 1 aliphatic rings. The van der Waals surface area contributed by atoms with Gasteiger partial charge >= 0.3 is 6.03 Å². The van der Waals surface area contributed by atoms with Gasteiger partial charge < -0.3 is 15.1 Å². The number of anilines is 2. The third-order valence-corrected chi connectivity index (χ3v) is 4.47. The lowest BCUT2D eigenvalue weighted by Crippen LogP contribution is -2.50. The number of benzene rings is 2. The molecule has 0 spiro atoms. The van der Waals surface area contributed by atoms with Gasteiger partial charge in [-0.15, -0.1) is 0 Å². The fraction of sp³-hybridized carbons (Fsp3) is 0.250. The number of carbonyl (C=O) groups is 2. The van der Waals surface area contributed by atoms with Crippen molar-refractivity contribution in [3.05, 3.63) is 59.7 Å². The van der Waals surface area contributed by atoms with Gasteiger partial charge in [-0.25, -0.2) is 4.79 Å². The summed E-state index contributed by atoms with van der Waals surface area (Å²) in [6.07, 6.45) is 0. The minimum Gasteiger partial charge on any atom is -0.367 e. The van der Waals surface area contributed by atoms with Gasteiger partial charge in [-0.2, -0.15) is 5.26 Å². The first-order valence-corrected chi connectivity index (χ1v) is 8.49. The maximum atomic E-state index is 12.4. The number of ketones is 1. The van der Waals surface area contributed by atoms with Crippen molar-refractivity contribution in [3.8, 4) is 6.07 Å². The van der Waals surface area contributed by atoms with Crippen molar-refractivity contribution in [2.75, 3.05) is 36.4 Å². The maximum absolute atomic E-state index is 12.4. The van der Waals surface area contributed by atoms with E-state index < -0.39 is 0 Å². The van der Waals surface area contributed by atoms with E-state index >= 15 is 0 Å². The number of hydrogen-bond donors (Lipinski definition) is 1. The number of hydrogen-bond acceptors (Lipinski definition) is 4. The standard InChI is InChI=1S/C20H20N4O2/c1-15(25)16-6-8-18(9-7-16)22-20(26)24-12-10-23(11-13-24)19-5-3-2-4-17(19)14-21/h2-9H,10-13H2,1H3,(H,22,26). The minimum atomic E-state index is -0.159. The molecule has 0 aliphatic carbocycles. The molecule has 1 fully saturated rings. The molecule has 1 saturated heterocycles. The summed E-state index contributed by atoms with van der Waals surface area (Å²) in [5, 5.41) is 12.1. The first kappa shape index (κ1) is 17.5. The molecular weight excluding hydrogens is 328 g/mol. The zero-order chi connectivity index (χ0) is 18.5. The van der Waals surface area contributed by atoms with Crippen LogP contribution in [0, 0.1) is 11.3 Å². The first-order valence-electron chi connectivity index (χ1n) is 8.49. The number of nitriles is 1. The third-order valence-electron chi connectivity index (χ3n) is 4.47. The number of nitrogens with zero attached hydrogens (tertiary/aromatic N) is 3. The molecule has 2 amide bonds. The van der Waals surface area contributed by atoms with Gasteiger partial charge in [0.05, 0.1) is 11.3 Å². The fourth-order valence-corrected chi connectivity index (χ4v) is 2.99. The van der Waals surface area contributed by atoms with Crippen LogP contribution in [-0.4, -0.2) is 42.9 Å². The van der Waals surface area contributed by atoms with Crippen molar-refractivity contribution in [1.82, 2.24) is 4.90 Å². The molecule has 2 aromatic carbocycles. The zero-order valence-electron chi connectivity index (χ0n) is 14.6. The molecule has 2 aromatic rings. The zero-order valence-corrected chi connectivity index (χ0v) is 14.6. The molecule has 1 heterocycles. The number of para-hydroxylation sites is 1. The fourth-order valence-electron chi connectivity index (χ4n) is 2.99.